The maximum Gasteiger partial charge on any atom is 0.122 e. The molecule has 1 aromatic carbocycles. The molecule has 0 radical (unpaired) electrons. The van der Waals surface area contributed by atoms with Gasteiger partial charge in [0.2, 0.25) is 0 Å². The summed E-state index contributed by atoms with van der Waals surface area (Å²) in [6, 6.07) is 8.10. The number of nitrogens with two attached hydrogens (primary N) is 1. The molecule has 0 aromatic heterocycles. The Kier molecular flexibility index (Phi) is 3.23. The zero-order valence-electron chi connectivity index (χ0n) is 8.98. The SMILES string of the molecule is CCOCC(N)C1COc2ccccc21. The second kappa shape index (κ2) is 4.64. The Balaban J connectivity index is 2.06. The number of rotatable bonds is 4. The van der Waals surface area contributed by atoms with Crippen molar-refractivity contribution >= 4 is 0 Å². The zero-order chi connectivity index (χ0) is 10.7. The Labute approximate surface area is 90.2 Å². The highest BCUT2D eigenvalue weighted by Gasteiger charge is 2.28. The number of para-hydroxylation sites is 1. The normalized spacial score (nSPS) is 20.8. The van der Waals surface area contributed by atoms with Crippen LogP contribution in [0.25, 0.3) is 0 Å². The summed E-state index contributed by atoms with van der Waals surface area (Å²) in [4.78, 5) is 0. The second-order valence-corrected chi connectivity index (χ2v) is 3.78. The van der Waals surface area contributed by atoms with Crippen molar-refractivity contribution in [3.8, 4) is 5.75 Å². The first-order chi connectivity index (χ1) is 7.33. The average molecular weight is 207 g/mol. The van der Waals surface area contributed by atoms with Gasteiger partial charge in [-0.2, -0.15) is 0 Å². The molecule has 2 N–H and O–H groups in total. The molecule has 2 atom stereocenters. The molecule has 0 bridgehead atoms. The molecule has 15 heavy (non-hydrogen) atoms. The van der Waals surface area contributed by atoms with Crippen LogP contribution in [0.2, 0.25) is 0 Å². The highest BCUT2D eigenvalue weighted by Crippen LogP contribution is 2.34. The van der Waals surface area contributed by atoms with Crippen LogP contribution in [0, 0.1) is 0 Å². The minimum absolute atomic E-state index is 0.0219. The van der Waals surface area contributed by atoms with Gasteiger partial charge in [-0.25, -0.2) is 0 Å². The number of benzene rings is 1. The van der Waals surface area contributed by atoms with Crippen molar-refractivity contribution in [1.29, 1.82) is 0 Å². The van der Waals surface area contributed by atoms with Gasteiger partial charge >= 0.3 is 0 Å². The van der Waals surface area contributed by atoms with E-state index in [2.05, 4.69) is 6.07 Å². The van der Waals surface area contributed by atoms with Crippen molar-refractivity contribution in [2.75, 3.05) is 19.8 Å². The molecule has 1 heterocycles. The van der Waals surface area contributed by atoms with Crippen LogP contribution in [0.5, 0.6) is 5.75 Å². The zero-order valence-corrected chi connectivity index (χ0v) is 8.98. The minimum Gasteiger partial charge on any atom is -0.493 e. The van der Waals surface area contributed by atoms with E-state index in [4.69, 9.17) is 15.2 Å². The first-order valence-electron chi connectivity index (χ1n) is 5.38. The third-order valence-corrected chi connectivity index (χ3v) is 2.77. The Morgan fingerprint density at radius 2 is 2.33 bits per heavy atom. The predicted molar refractivity (Wildman–Crippen MR) is 59.1 cm³/mol. The minimum atomic E-state index is 0.0219. The fourth-order valence-electron chi connectivity index (χ4n) is 1.91. The number of hydrogen-bond acceptors (Lipinski definition) is 3. The first kappa shape index (κ1) is 10.5. The van der Waals surface area contributed by atoms with Gasteiger partial charge in [0, 0.05) is 24.1 Å². The van der Waals surface area contributed by atoms with Gasteiger partial charge in [0.15, 0.2) is 0 Å². The fourth-order valence-corrected chi connectivity index (χ4v) is 1.91. The number of ether oxygens (including phenoxy) is 2. The Bertz CT molecular complexity index is 327. The average Bonchev–Trinajstić information content (AvgIpc) is 2.69. The molecule has 82 valence electrons. The van der Waals surface area contributed by atoms with E-state index in [-0.39, 0.29) is 12.0 Å². The van der Waals surface area contributed by atoms with Gasteiger partial charge in [-0.1, -0.05) is 18.2 Å². The molecular formula is C12H17NO2. The summed E-state index contributed by atoms with van der Waals surface area (Å²) >= 11 is 0. The molecule has 0 fully saturated rings. The molecule has 0 saturated carbocycles. The monoisotopic (exact) mass is 207 g/mol. The molecule has 1 aliphatic heterocycles. The first-order valence-corrected chi connectivity index (χ1v) is 5.38. The lowest BCUT2D eigenvalue weighted by molar-refractivity contribution is 0.122. The van der Waals surface area contributed by atoms with Gasteiger partial charge < -0.3 is 15.2 Å². The van der Waals surface area contributed by atoms with E-state index in [1.54, 1.807) is 0 Å². The Hall–Kier alpha value is -1.06. The van der Waals surface area contributed by atoms with Crippen LogP contribution in [-0.2, 0) is 4.74 Å². The van der Waals surface area contributed by atoms with Gasteiger partial charge in [0.1, 0.15) is 5.75 Å². The predicted octanol–water partition coefficient (Wildman–Crippen LogP) is 1.53. The topological polar surface area (TPSA) is 44.5 Å². The van der Waals surface area contributed by atoms with E-state index in [1.165, 1.54) is 5.56 Å². The standard InChI is InChI=1S/C12H17NO2/c1-2-14-8-11(13)10-7-15-12-6-4-3-5-9(10)12/h3-6,10-11H,2,7-8,13H2,1H3. The summed E-state index contributed by atoms with van der Waals surface area (Å²) in [5, 5.41) is 0. The number of hydrogen-bond donors (Lipinski definition) is 1. The van der Waals surface area contributed by atoms with E-state index in [0.29, 0.717) is 19.8 Å². The third-order valence-electron chi connectivity index (χ3n) is 2.77. The van der Waals surface area contributed by atoms with E-state index in [0.717, 1.165) is 5.75 Å². The summed E-state index contributed by atoms with van der Waals surface area (Å²) < 4.78 is 10.9. The van der Waals surface area contributed by atoms with E-state index < -0.39 is 0 Å². The lowest BCUT2D eigenvalue weighted by Crippen LogP contribution is -2.34. The van der Waals surface area contributed by atoms with Gasteiger partial charge in [-0.05, 0) is 13.0 Å². The number of fused-ring (bicyclic) bond motifs is 1. The van der Waals surface area contributed by atoms with Crippen molar-refractivity contribution in [3.63, 3.8) is 0 Å². The van der Waals surface area contributed by atoms with Gasteiger partial charge in [0.05, 0.1) is 13.2 Å². The highest BCUT2D eigenvalue weighted by molar-refractivity contribution is 5.40. The summed E-state index contributed by atoms with van der Waals surface area (Å²) in [6.07, 6.45) is 0. The molecule has 0 aliphatic carbocycles. The molecular weight excluding hydrogens is 190 g/mol. The maximum atomic E-state index is 6.07. The van der Waals surface area contributed by atoms with Crippen molar-refractivity contribution in [1.82, 2.24) is 0 Å². The van der Waals surface area contributed by atoms with Crippen molar-refractivity contribution in [2.24, 2.45) is 5.73 Å². The van der Waals surface area contributed by atoms with Crippen molar-refractivity contribution in [2.45, 2.75) is 18.9 Å². The summed E-state index contributed by atoms with van der Waals surface area (Å²) in [5.74, 6) is 1.24. The van der Waals surface area contributed by atoms with E-state index in [9.17, 15) is 0 Å². The smallest absolute Gasteiger partial charge is 0.122 e. The van der Waals surface area contributed by atoms with E-state index >= 15 is 0 Å². The summed E-state index contributed by atoms with van der Waals surface area (Å²) in [5.41, 5.74) is 7.29. The van der Waals surface area contributed by atoms with Crippen LogP contribution in [0.1, 0.15) is 18.4 Å². The summed E-state index contributed by atoms with van der Waals surface area (Å²) in [6.45, 7) is 3.96. The fraction of sp³-hybridized carbons (Fsp3) is 0.500. The molecule has 1 aromatic rings. The van der Waals surface area contributed by atoms with Crippen LogP contribution < -0.4 is 10.5 Å². The molecule has 1 aliphatic rings. The van der Waals surface area contributed by atoms with Crippen LogP contribution in [0.3, 0.4) is 0 Å². The molecule has 3 nitrogen and oxygen atoms in total. The van der Waals surface area contributed by atoms with Crippen LogP contribution >= 0.6 is 0 Å². The van der Waals surface area contributed by atoms with Crippen LogP contribution in [-0.4, -0.2) is 25.9 Å². The quantitative estimate of drug-likeness (QED) is 0.814. The third kappa shape index (κ3) is 2.13. The molecule has 2 rings (SSSR count). The highest BCUT2D eigenvalue weighted by atomic mass is 16.5. The van der Waals surface area contributed by atoms with Crippen molar-refractivity contribution in [3.05, 3.63) is 29.8 Å². The Morgan fingerprint density at radius 3 is 3.13 bits per heavy atom. The molecule has 0 spiro atoms. The van der Waals surface area contributed by atoms with E-state index in [1.807, 2.05) is 25.1 Å². The van der Waals surface area contributed by atoms with Gasteiger partial charge in [0.25, 0.3) is 0 Å². The van der Waals surface area contributed by atoms with Crippen LogP contribution in [0.15, 0.2) is 24.3 Å². The molecule has 3 heteroatoms. The van der Waals surface area contributed by atoms with Gasteiger partial charge in [-0.3, -0.25) is 0 Å². The maximum absolute atomic E-state index is 6.07. The van der Waals surface area contributed by atoms with Gasteiger partial charge in [-0.15, -0.1) is 0 Å². The van der Waals surface area contributed by atoms with Crippen LogP contribution in [0.4, 0.5) is 0 Å². The lowest BCUT2D eigenvalue weighted by atomic mass is 9.94. The molecule has 0 saturated heterocycles. The largest absolute Gasteiger partial charge is 0.493 e. The lowest BCUT2D eigenvalue weighted by Gasteiger charge is -2.17. The molecule has 0 amide bonds. The summed E-state index contributed by atoms with van der Waals surface area (Å²) in [7, 11) is 0. The molecule has 2 unspecified atom stereocenters. The Morgan fingerprint density at radius 1 is 1.53 bits per heavy atom. The second-order valence-electron chi connectivity index (χ2n) is 3.78. The van der Waals surface area contributed by atoms with Crippen molar-refractivity contribution < 1.29 is 9.47 Å².